The van der Waals surface area contributed by atoms with Gasteiger partial charge in [0.05, 0.1) is 13.2 Å². The summed E-state index contributed by atoms with van der Waals surface area (Å²) in [4.78, 5) is 2.53. The van der Waals surface area contributed by atoms with Crippen LogP contribution in [0.15, 0.2) is 18.2 Å². The average Bonchev–Trinajstić information content (AvgIpc) is 2.35. The summed E-state index contributed by atoms with van der Waals surface area (Å²) >= 11 is 0. The highest BCUT2D eigenvalue weighted by Gasteiger charge is 2.22. The Kier molecular flexibility index (Phi) is 4.75. The van der Waals surface area contributed by atoms with Crippen molar-refractivity contribution in [2.75, 3.05) is 33.4 Å². The number of nitrogens with one attached hydrogen (secondary N) is 1. The predicted molar refractivity (Wildman–Crippen MR) is 74.9 cm³/mol. The van der Waals surface area contributed by atoms with E-state index in [0.29, 0.717) is 6.04 Å². The number of benzene rings is 1. The van der Waals surface area contributed by atoms with Gasteiger partial charge >= 0.3 is 0 Å². The standard InChI is InChI=1S/C15H24N2O/c1-12-4-5-14(13(2)8-12)10-17-6-7-18-11-15(17)9-16-3/h4-5,8,15-16H,6-7,9-11H2,1-3H3. The molecular weight excluding hydrogens is 224 g/mol. The Bertz CT molecular complexity index is 390. The first-order chi connectivity index (χ1) is 8.70. The smallest absolute Gasteiger partial charge is 0.0635 e. The minimum Gasteiger partial charge on any atom is -0.378 e. The predicted octanol–water partition coefficient (Wildman–Crippen LogP) is 1.72. The topological polar surface area (TPSA) is 24.5 Å². The molecule has 1 unspecified atom stereocenters. The molecule has 3 nitrogen and oxygen atoms in total. The second-order valence-corrected chi connectivity index (χ2v) is 5.19. The number of ether oxygens (including phenoxy) is 1. The van der Waals surface area contributed by atoms with Crippen molar-refractivity contribution in [2.24, 2.45) is 0 Å². The Morgan fingerprint density at radius 3 is 2.94 bits per heavy atom. The van der Waals surface area contributed by atoms with Crippen molar-refractivity contribution in [3.63, 3.8) is 0 Å². The molecule has 1 heterocycles. The molecule has 0 amide bonds. The van der Waals surface area contributed by atoms with Crippen LogP contribution >= 0.6 is 0 Å². The third-order valence-electron chi connectivity index (χ3n) is 3.66. The first-order valence-corrected chi connectivity index (χ1v) is 6.73. The Labute approximate surface area is 110 Å². The minimum atomic E-state index is 0.490. The van der Waals surface area contributed by atoms with Gasteiger partial charge in [-0.15, -0.1) is 0 Å². The van der Waals surface area contributed by atoms with E-state index in [1.807, 2.05) is 7.05 Å². The van der Waals surface area contributed by atoms with Crippen molar-refractivity contribution in [1.29, 1.82) is 0 Å². The van der Waals surface area contributed by atoms with Gasteiger partial charge in [0.1, 0.15) is 0 Å². The molecule has 1 saturated heterocycles. The van der Waals surface area contributed by atoms with E-state index in [4.69, 9.17) is 4.74 Å². The fraction of sp³-hybridized carbons (Fsp3) is 0.600. The molecule has 3 heteroatoms. The highest BCUT2D eigenvalue weighted by molar-refractivity contribution is 5.30. The minimum absolute atomic E-state index is 0.490. The zero-order chi connectivity index (χ0) is 13.0. The van der Waals surface area contributed by atoms with E-state index < -0.39 is 0 Å². The lowest BCUT2D eigenvalue weighted by Crippen LogP contribution is -2.49. The van der Waals surface area contributed by atoms with Crippen LogP contribution in [-0.4, -0.2) is 44.3 Å². The number of likely N-dealkylation sites (N-methyl/N-ethyl adjacent to an activating group) is 1. The average molecular weight is 248 g/mol. The molecule has 1 aliphatic rings. The molecule has 0 spiro atoms. The van der Waals surface area contributed by atoms with Crippen LogP contribution in [0.1, 0.15) is 16.7 Å². The first kappa shape index (κ1) is 13.5. The zero-order valence-electron chi connectivity index (χ0n) is 11.7. The Balaban J connectivity index is 2.06. The molecule has 2 rings (SSSR count). The third-order valence-corrected chi connectivity index (χ3v) is 3.66. The van der Waals surface area contributed by atoms with Crippen molar-refractivity contribution in [2.45, 2.75) is 26.4 Å². The van der Waals surface area contributed by atoms with Gasteiger partial charge in [0, 0.05) is 25.7 Å². The Morgan fingerprint density at radius 2 is 2.22 bits per heavy atom. The maximum atomic E-state index is 5.57. The number of aryl methyl sites for hydroxylation is 2. The summed E-state index contributed by atoms with van der Waals surface area (Å²) in [6, 6.07) is 7.22. The van der Waals surface area contributed by atoms with Crippen LogP contribution in [-0.2, 0) is 11.3 Å². The number of rotatable bonds is 4. The Hall–Kier alpha value is -0.900. The third kappa shape index (κ3) is 3.31. The zero-order valence-corrected chi connectivity index (χ0v) is 11.7. The van der Waals surface area contributed by atoms with Crippen LogP contribution in [0.2, 0.25) is 0 Å². The van der Waals surface area contributed by atoms with Crippen LogP contribution in [0.4, 0.5) is 0 Å². The molecule has 1 fully saturated rings. The molecule has 0 saturated carbocycles. The number of hydrogen-bond acceptors (Lipinski definition) is 3. The second-order valence-electron chi connectivity index (χ2n) is 5.19. The van der Waals surface area contributed by atoms with E-state index in [2.05, 4.69) is 42.3 Å². The van der Waals surface area contributed by atoms with Crippen molar-refractivity contribution in [3.05, 3.63) is 34.9 Å². The summed E-state index contributed by atoms with van der Waals surface area (Å²) in [6.45, 7) is 9.09. The van der Waals surface area contributed by atoms with Crippen LogP contribution < -0.4 is 5.32 Å². The van der Waals surface area contributed by atoms with E-state index in [-0.39, 0.29) is 0 Å². The van der Waals surface area contributed by atoms with Gasteiger partial charge in [0.15, 0.2) is 0 Å². The number of nitrogens with zero attached hydrogens (tertiary/aromatic N) is 1. The lowest BCUT2D eigenvalue weighted by Gasteiger charge is -2.35. The lowest BCUT2D eigenvalue weighted by molar-refractivity contribution is -0.0104. The van der Waals surface area contributed by atoms with Crippen LogP contribution in [0.5, 0.6) is 0 Å². The quantitative estimate of drug-likeness (QED) is 0.878. The van der Waals surface area contributed by atoms with Gasteiger partial charge < -0.3 is 10.1 Å². The fourth-order valence-electron chi connectivity index (χ4n) is 2.56. The maximum Gasteiger partial charge on any atom is 0.0635 e. The molecule has 100 valence electrons. The molecule has 1 N–H and O–H groups in total. The molecule has 0 radical (unpaired) electrons. The number of hydrogen-bond donors (Lipinski definition) is 1. The van der Waals surface area contributed by atoms with Gasteiger partial charge in [0.2, 0.25) is 0 Å². The van der Waals surface area contributed by atoms with Crippen molar-refractivity contribution >= 4 is 0 Å². The van der Waals surface area contributed by atoms with Gasteiger partial charge in [-0.2, -0.15) is 0 Å². The molecular formula is C15H24N2O. The van der Waals surface area contributed by atoms with E-state index in [1.54, 1.807) is 0 Å². The van der Waals surface area contributed by atoms with Crippen LogP contribution in [0.3, 0.4) is 0 Å². The normalized spacial score (nSPS) is 21.2. The summed E-state index contributed by atoms with van der Waals surface area (Å²) in [5.41, 5.74) is 4.17. The van der Waals surface area contributed by atoms with Crippen molar-refractivity contribution in [1.82, 2.24) is 10.2 Å². The van der Waals surface area contributed by atoms with Crippen molar-refractivity contribution < 1.29 is 4.74 Å². The second kappa shape index (κ2) is 6.32. The lowest BCUT2D eigenvalue weighted by atomic mass is 10.0. The summed E-state index contributed by atoms with van der Waals surface area (Å²) < 4.78 is 5.57. The van der Waals surface area contributed by atoms with Gasteiger partial charge in [0.25, 0.3) is 0 Å². The maximum absolute atomic E-state index is 5.57. The van der Waals surface area contributed by atoms with Crippen LogP contribution in [0.25, 0.3) is 0 Å². The highest BCUT2D eigenvalue weighted by Crippen LogP contribution is 2.16. The molecule has 0 bridgehead atoms. The highest BCUT2D eigenvalue weighted by atomic mass is 16.5. The van der Waals surface area contributed by atoms with Gasteiger partial charge in [-0.05, 0) is 32.0 Å². The molecule has 1 aliphatic heterocycles. The molecule has 1 aromatic rings. The monoisotopic (exact) mass is 248 g/mol. The van der Waals surface area contributed by atoms with Gasteiger partial charge in [-0.25, -0.2) is 0 Å². The molecule has 1 atom stereocenters. The molecule has 0 aliphatic carbocycles. The largest absolute Gasteiger partial charge is 0.378 e. The first-order valence-electron chi connectivity index (χ1n) is 6.73. The summed E-state index contributed by atoms with van der Waals surface area (Å²) in [5.74, 6) is 0. The van der Waals surface area contributed by atoms with Crippen molar-refractivity contribution in [3.8, 4) is 0 Å². The summed E-state index contributed by atoms with van der Waals surface area (Å²) in [7, 11) is 2.00. The fourth-order valence-corrected chi connectivity index (χ4v) is 2.56. The van der Waals surface area contributed by atoms with Crippen LogP contribution in [0, 0.1) is 13.8 Å². The van der Waals surface area contributed by atoms with Gasteiger partial charge in [-0.3, -0.25) is 4.90 Å². The SMILES string of the molecule is CNCC1COCCN1Cc1ccc(C)cc1C. The van der Waals surface area contributed by atoms with Gasteiger partial charge in [-0.1, -0.05) is 23.8 Å². The van der Waals surface area contributed by atoms with E-state index >= 15 is 0 Å². The van der Waals surface area contributed by atoms with E-state index in [9.17, 15) is 0 Å². The van der Waals surface area contributed by atoms with E-state index in [1.165, 1.54) is 16.7 Å². The Morgan fingerprint density at radius 1 is 1.39 bits per heavy atom. The molecule has 1 aromatic carbocycles. The van der Waals surface area contributed by atoms with E-state index in [0.717, 1.165) is 32.8 Å². The molecule has 0 aromatic heterocycles. The number of morpholine rings is 1. The summed E-state index contributed by atoms with van der Waals surface area (Å²) in [6.07, 6.45) is 0. The molecule has 18 heavy (non-hydrogen) atoms. The summed E-state index contributed by atoms with van der Waals surface area (Å²) in [5, 5.41) is 3.26.